The molecule has 7 nitrogen and oxygen atoms in total. The van der Waals surface area contributed by atoms with E-state index in [9.17, 15) is 4.79 Å². The van der Waals surface area contributed by atoms with E-state index in [1.807, 2.05) is 11.3 Å². The number of rotatable bonds is 6. The van der Waals surface area contributed by atoms with Gasteiger partial charge in [0.05, 0.1) is 25.1 Å². The molecule has 1 amide bonds. The van der Waals surface area contributed by atoms with Gasteiger partial charge in [-0.1, -0.05) is 6.92 Å². The maximum atomic E-state index is 11.1. The first-order valence-corrected chi connectivity index (χ1v) is 11.0. The summed E-state index contributed by atoms with van der Waals surface area (Å²) in [5.74, 6) is 2.51. The molecule has 0 aromatic carbocycles. The van der Waals surface area contributed by atoms with E-state index in [-0.39, 0.29) is 5.91 Å². The van der Waals surface area contributed by atoms with Crippen LogP contribution in [0.3, 0.4) is 0 Å². The number of fused-ring (bicyclic) bond motifs is 3. The highest BCUT2D eigenvalue weighted by Gasteiger charge is 2.24. The Kier molecular flexibility index (Phi) is 6.08. The predicted octanol–water partition coefficient (Wildman–Crippen LogP) is 2.20. The average molecular weight is 404 g/mol. The minimum atomic E-state index is -0.00968. The number of amides is 1. The molecule has 2 aromatic heterocycles. The smallest absolute Gasteiger partial charge is 0.216 e. The van der Waals surface area contributed by atoms with Gasteiger partial charge in [-0.15, -0.1) is 11.3 Å². The number of anilines is 1. The quantitative estimate of drug-likeness (QED) is 0.720. The first-order chi connectivity index (χ1) is 13.6. The highest BCUT2D eigenvalue weighted by molar-refractivity contribution is 7.19. The Morgan fingerprint density at radius 2 is 2.11 bits per heavy atom. The minimum Gasteiger partial charge on any atom is -0.379 e. The number of hydrogen-bond acceptors (Lipinski definition) is 7. The number of aromatic nitrogens is 2. The molecule has 1 fully saturated rings. The fourth-order valence-corrected chi connectivity index (χ4v) is 5.37. The van der Waals surface area contributed by atoms with E-state index in [4.69, 9.17) is 14.7 Å². The molecule has 2 aromatic rings. The first kappa shape index (κ1) is 19.5. The molecule has 0 radical (unpaired) electrons. The van der Waals surface area contributed by atoms with Crippen molar-refractivity contribution >= 4 is 33.3 Å². The van der Waals surface area contributed by atoms with Crippen LogP contribution in [0, 0.1) is 5.92 Å². The van der Waals surface area contributed by atoms with Crippen molar-refractivity contribution in [1.29, 1.82) is 0 Å². The van der Waals surface area contributed by atoms with Gasteiger partial charge in [-0.3, -0.25) is 9.69 Å². The van der Waals surface area contributed by atoms with Gasteiger partial charge in [0.1, 0.15) is 16.5 Å². The molecule has 1 atom stereocenters. The summed E-state index contributed by atoms with van der Waals surface area (Å²) in [7, 11) is 0. The summed E-state index contributed by atoms with van der Waals surface area (Å²) >= 11 is 1.83. The van der Waals surface area contributed by atoms with Crippen LogP contribution in [0.25, 0.3) is 10.2 Å². The van der Waals surface area contributed by atoms with Crippen molar-refractivity contribution in [1.82, 2.24) is 20.2 Å². The second kappa shape index (κ2) is 8.71. The van der Waals surface area contributed by atoms with Gasteiger partial charge in [0.2, 0.25) is 5.91 Å². The van der Waals surface area contributed by atoms with Crippen LogP contribution in [0.1, 0.15) is 36.5 Å². The van der Waals surface area contributed by atoms with Gasteiger partial charge in [0.15, 0.2) is 0 Å². The van der Waals surface area contributed by atoms with Gasteiger partial charge in [-0.2, -0.15) is 0 Å². The van der Waals surface area contributed by atoms with E-state index in [0.29, 0.717) is 13.1 Å². The lowest BCUT2D eigenvalue weighted by Crippen LogP contribution is -2.36. The first-order valence-electron chi connectivity index (χ1n) is 10.2. The Morgan fingerprint density at radius 3 is 2.89 bits per heavy atom. The molecule has 2 aliphatic rings. The summed E-state index contributed by atoms with van der Waals surface area (Å²) in [4.78, 5) is 25.9. The molecule has 2 N–H and O–H groups in total. The molecule has 1 aliphatic heterocycles. The average Bonchev–Trinajstić information content (AvgIpc) is 3.03. The Balaban J connectivity index is 1.62. The van der Waals surface area contributed by atoms with Gasteiger partial charge in [-0.25, -0.2) is 9.97 Å². The third-order valence-electron chi connectivity index (χ3n) is 5.46. The lowest BCUT2D eigenvalue weighted by molar-refractivity contribution is -0.118. The van der Waals surface area contributed by atoms with Gasteiger partial charge in [-0.05, 0) is 30.7 Å². The van der Waals surface area contributed by atoms with Crippen molar-refractivity contribution in [2.75, 3.05) is 44.7 Å². The Labute approximate surface area is 169 Å². The standard InChI is InChI=1S/C20H29N5O2S/c1-13-3-4-15-16(11-13)28-20-18(15)19(22-6-5-21-14(2)26)23-17(24-20)12-25-7-9-27-10-8-25/h13H,3-12H2,1-2H3,(H,21,26)(H,22,23,24)/t13-/m0/s1. The molecule has 152 valence electrons. The predicted molar refractivity (Wildman–Crippen MR) is 112 cm³/mol. The third-order valence-corrected chi connectivity index (χ3v) is 6.61. The van der Waals surface area contributed by atoms with E-state index < -0.39 is 0 Å². The third kappa shape index (κ3) is 4.45. The van der Waals surface area contributed by atoms with E-state index in [1.54, 1.807) is 6.92 Å². The Morgan fingerprint density at radius 1 is 1.29 bits per heavy atom. The normalized spacial score (nSPS) is 20.1. The van der Waals surface area contributed by atoms with Crippen molar-refractivity contribution < 1.29 is 9.53 Å². The van der Waals surface area contributed by atoms with Crippen molar-refractivity contribution in [2.24, 2.45) is 5.92 Å². The number of hydrogen-bond donors (Lipinski definition) is 2. The zero-order valence-corrected chi connectivity index (χ0v) is 17.5. The fraction of sp³-hybridized carbons (Fsp3) is 0.650. The van der Waals surface area contributed by atoms with Crippen LogP contribution in [0.2, 0.25) is 0 Å². The second-order valence-electron chi connectivity index (χ2n) is 7.82. The summed E-state index contributed by atoms with van der Waals surface area (Å²) in [5.41, 5.74) is 1.43. The van der Waals surface area contributed by atoms with Crippen LogP contribution in [0.15, 0.2) is 0 Å². The molecule has 0 saturated carbocycles. The van der Waals surface area contributed by atoms with E-state index >= 15 is 0 Å². The van der Waals surface area contributed by atoms with Crippen LogP contribution in [0.4, 0.5) is 5.82 Å². The van der Waals surface area contributed by atoms with E-state index in [2.05, 4.69) is 22.5 Å². The van der Waals surface area contributed by atoms with Crippen molar-refractivity contribution in [2.45, 2.75) is 39.7 Å². The molecule has 3 heterocycles. The number of morpholine rings is 1. The zero-order valence-electron chi connectivity index (χ0n) is 16.7. The zero-order chi connectivity index (χ0) is 19.5. The molecule has 1 saturated heterocycles. The van der Waals surface area contributed by atoms with E-state index in [0.717, 1.165) is 68.1 Å². The molecular weight excluding hydrogens is 374 g/mol. The molecule has 4 rings (SSSR count). The second-order valence-corrected chi connectivity index (χ2v) is 8.90. The molecule has 1 aliphatic carbocycles. The Hall–Kier alpha value is -1.77. The maximum Gasteiger partial charge on any atom is 0.216 e. The summed E-state index contributed by atoms with van der Waals surface area (Å²) in [6, 6.07) is 0. The van der Waals surface area contributed by atoms with Crippen molar-refractivity contribution in [3.05, 3.63) is 16.3 Å². The summed E-state index contributed by atoms with van der Waals surface area (Å²) in [5, 5.41) is 7.50. The molecular formula is C20H29N5O2S. The van der Waals surface area contributed by atoms with Crippen LogP contribution in [-0.2, 0) is 28.9 Å². The number of carbonyl (C=O) groups is 1. The fourth-order valence-electron chi connectivity index (χ4n) is 3.96. The van der Waals surface area contributed by atoms with Crippen molar-refractivity contribution in [3.8, 4) is 0 Å². The number of carbonyl (C=O) groups excluding carboxylic acids is 1. The molecule has 0 unspecified atom stereocenters. The molecule has 8 heteroatoms. The van der Waals surface area contributed by atoms with Gasteiger partial charge >= 0.3 is 0 Å². The lowest BCUT2D eigenvalue weighted by Gasteiger charge is -2.26. The maximum absolute atomic E-state index is 11.1. The number of aryl methyl sites for hydroxylation is 1. The molecule has 0 spiro atoms. The van der Waals surface area contributed by atoms with Crippen LogP contribution in [0.5, 0.6) is 0 Å². The minimum absolute atomic E-state index is 0.00968. The largest absolute Gasteiger partial charge is 0.379 e. The highest BCUT2D eigenvalue weighted by Crippen LogP contribution is 2.40. The number of thiophene rings is 1. The summed E-state index contributed by atoms with van der Waals surface area (Å²) in [6.45, 7) is 9.25. The topological polar surface area (TPSA) is 79.4 Å². The van der Waals surface area contributed by atoms with Crippen LogP contribution < -0.4 is 10.6 Å². The SMILES string of the molecule is CC(=O)NCCNc1nc(CN2CCOCC2)nc2sc3c(c12)CC[C@H](C)C3. The number of nitrogens with one attached hydrogen (secondary N) is 2. The van der Waals surface area contributed by atoms with Gasteiger partial charge in [0, 0.05) is 38.0 Å². The number of ether oxygens (including phenoxy) is 1. The Bertz CT molecular complexity index is 847. The highest BCUT2D eigenvalue weighted by atomic mass is 32.1. The van der Waals surface area contributed by atoms with E-state index in [1.165, 1.54) is 22.2 Å². The van der Waals surface area contributed by atoms with Gasteiger partial charge < -0.3 is 15.4 Å². The summed E-state index contributed by atoms with van der Waals surface area (Å²) < 4.78 is 5.45. The van der Waals surface area contributed by atoms with Gasteiger partial charge in [0.25, 0.3) is 0 Å². The monoisotopic (exact) mass is 403 g/mol. The summed E-state index contributed by atoms with van der Waals surface area (Å²) in [6.07, 6.45) is 3.46. The van der Waals surface area contributed by atoms with Crippen LogP contribution in [-0.4, -0.2) is 60.2 Å². The molecule has 28 heavy (non-hydrogen) atoms. The lowest BCUT2D eigenvalue weighted by atomic mass is 9.89. The van der Waals surface area contributed by atoms with Crippen molar-refractivity contribution in [3.63, 3.8) is 0 Å². The molecule has 0 bridgehead atoms. The number of nitrogens with zero attached hydrogens (tertiary/aromatic N) is 3. The van der Waals surface area contributed by atoms with Crippen LogP contribution >= 0.6 is 11.3 Å².